The Bertz CT molecular complexity index is 902. The molecule has 150 valence electrons. The van der Waals surface area contributed by atoms with Crippen LogP contribution in [0.5, 0.6) is 11.5 Å². The number of ether oxygens (including phenoxy) is 1. The van der Waals surface area contributed by atoms with Crippen LogP contribution >= 0.6 is 0 Å². The zero-order valence-electron chi connectivity index (χ0n) is 15.7. The number of aromatic hydroxyl groups is 1. The Morgan fingerprint density at radius 3 is 2.71 bits per heavy atom. The third-order valence-electron chi connectivity index (χ3n) is 4.75. The normalized spacial score (nSPS) is 14.8. The van der Waals surface area contributed by atoms with Gasteiger partial charge in [-0.2, -0.15) is 0 Å². The Kier molecular flexibility index (Phi) is 5.53. The highest BCUT2D eigenvalue weighted by Crippen LogP contribution is 2.39. The molecule has 3 N–H and O–H groups in total. The quantitative estimate of drug-likeness (QED) is 0.659. The lowest BCUT2D eigenvalue weighted by molar-refractivity contribution is -0.893. The summed E-state index contributed by atoms with van der Waals surface area (Å²) in [6.07, 6.45) is -0.611. The average molecular weight is 393 g/mol. The topological polar surface area (TPSA) is 78.8 Å². The first kappa shape index (κ1) is 20.0. The second kappa shape index (κ2) is 7.73. The van der Waals surface area contributed by atoms with Gasteiger partial charge >= 0.3 is 0 Å². The molecule has 0 unspecified atom stereocenters. The Labute approximate surface area is 161 Å². The maximum Gasteiger partial charge on any atom is 0.262 e. The van der Waals surface area contributed by atoms with Crippen molar-refractivity contribution in [2.45, 2.75) is 12.5 Å². The summed E-state index contributed by atoms with van der Waals surface area (Å²) in [5.74, 6) is -1.32. The molecule has 0 saturated carbocycles. The van der Waals surface area contributed by atoms with Gasteiger partial charge in [0.1, 0.15) is 35.8 Å². The molecule has 3 rings (SSSR count). The zero-order valence-corrected chi connectivity index (χ0v) is 15.7. The predicted octanol–water partition coefficient (Wildman–Crippen LogP) is 2.35. The molecule has 1 heterocycles. The number of carbonyl (C=O) groups excluding carboxylic acids is 1. The number of hydrogen-bond donors (Lipinski definition) is 3. The molecule has 0 aliphatic carbocycles. The minimum atomic E-state index is -0.982. The molecule has 0 bridgehead atoms. The van der Waals surface area contributed by atoms with Crippen LogP contribution in [0.2, 0.25) is 0 Å². The van der Waals surface area contributed by atoms with E-state index in [0.29, 0.717) is 40.0 Å². The number of halogens is 2. The van der Waals surface area contributed by atoms with E-state index in [0.717, 1.165) is 6.07 Å². The molecular weight excluding hydrogens is 370 g/mol. The number of aliphatic hydroxyl groups excluding tert-OH is 1. The number of hydrogen-bond acceptors (Lipinski definition) is 4. The standard InChI is InChI=1S/C20H22F2N2O4/c1-24(2,6-5-12-3-4-13(21)7-16(12)22)10-18(26)15-8-14(25)9-17-20(15)28-11-19(27)23-17/h3-4,7-9,18,26H,5-6,10-11H2,1-2H3,(H-,23,25,27)/p+1/t18-/m0/s1. The van der Waals surface area contributed by atoms with Crippen LogP contribution in [-0.2, 0) is 11.2 Å². The predicted molar refractivity (Wildman–Crippen MR) is 99.1 cm³/mol. The fraction of sp³-hybridized carbons (Fsp3) is 0.350. The van der Waals surface area contributed by atoms with E-state index in [1.54, 1.807) is 0 Å². The van der Waals surface area contributed by atoms with Gasteiger partial charge in [0.2, 0.25) is 0 Å². The van der Waals surface area contributed by atoms with Gasteiger partial charge in [-0.05, 0) is 17.7 Å². The van der Waals surface area contributed by atoms with Crippen LogP contribution in [0.4, 0.5) is 14.5 Å². The van der Waals surface area contributed by atoms with Crippen LogP contribution in [-0.4, -0.2) is 54.4 Å². The number of phenolic OH excluding ortho intramolecular Hbond substituents is 1. The van der Waals surface area contributed by atoms with Crippen molar-refractivity contribution >= 4 is 11.6 Å². The molecule has 1 atom stereocenters. The monoisotopic (exact) mass is 393 g/mol. The summed E-state index contributed by atoms with van der Waals surface area (Å²) in [6.45, 7) is 0.591. The minimum Gasteiger partial charge on any atom is -0.508 e. The maximum atomic E-state index is 13.8. The van der Waals surface area contributed by atoms with Crippen molar-refractivity contribution in [3.63, 3.8) is 0 Å². The maximum absolute atomic E-state index is 13.8. The number of benzene rings is 2. The molecule has 2 aromatic rings. The number of aliphatic hydroxyl groups is 1. The number of likely N-dealkylation sites (N-methyl/N-ethyl adjacent to an activating group) is 1. The zero-order chi connectivity index (χ0) is 20.5. The second-order valence-electron chi connectivity index (χ2n) is 7.59. The molecule has 28 heavy (non-hydrogen) atoms. The molecule has 0 aromatic heterocycles. The van der Waals surface area contributed by atoms with Crippen molar-refractivity contribution in [2.24, 2.45) is 0 Å². The van der Waals surface area contributed by atoms with Crippen molar-refractivity contribution in [3.05, 3.63) is 53.1 Å². The minimum absolute atomic E-state index is 0.0997. The summed E-state index contributed by atoms with van der Waals surface area (Å²) in [5, 5.41) is 23.3. The molecule has 0 radical (unpaired) electrons. The number of phenols is 1. The van der Waals surface area contributed by atoms with Gasteiger partial charge in [-0.3, -0.25) is 4.79 Å². The molecule has 0 saturated heterocycles. The smallest absolute Gasteiger partial charge is 0.262 e. The van der Waals surface area contributed by atoms with Crippen molar-refractivity contribution in [3.8, 4) is 11.5 Å². The Morgan fingerprint density at radius 2 is 2.00 bits per heavy atom. The number of nitrogens with one attached hydrogen (secondary N) is 1. The lowest BCUT2D eigenvalue weighted by atomic mass is 10.0. The number of anilines is 1. The Hall–Kier alpha value is -2.71. The fourth-order valence-electron chi connectivity index (χ4n) is 3.27. The number of fused-ring (bicyclic) bond motifs is 1. The molecule has 0 spiro atoms. The highest BCUT2D eigenvalue weighted by atomic mass is 19.1. The number of carbonyl (C=O) groups is 1. The molecule has 1 aliphatic heterocycles. The summed E-state index contributed by atoms with van der Waals surface area (Å²) in [6, 6.07) is 6.26. The summed E-state index contributed by atoms with van der Waals surface area (Å²) in [5.41, 5.74) is 1.08. The van der Waals surface area contributed by atoms with Crippen LogP contribution in [0.1, 0.15) is 17.2 Å². The molecule has 8 heteroatoms. The number of rotatable bonds is 6. The van der Waals surface area contributed by atoms with Crippen molar-refractivity contribution in [1.29, 1.82) is 0 Å². The van der Waals surface area contributed by atoms with Crippen LogP contribution in [0.3, 0.4) is 0 Å². The molecule has 6 nitrogen and oxygen atoms in total. The summed E-state index contributed by atoms with van der Waals surface area (Å²) < 4.78 is 32.7. The third-order valence-corrected chi connectivity index (χ3v) is 4.75. The third kappa shape index (κ3) is 4.58. The lowest BCUT2D eigenvalue weighted by Crippen LogP contribution is -2.44. The van der Waals surface area contributed by atoms with Crippen molar-refractivity contribution < 1.29 is 33.0 Å². The largest absolute Gasteiger partial charge is 0.508 e. The molecule has 1 amide bonds. The van der Waals surface area contributed by atoms with Gasteiger partial charge in [-0.1, -0.05) is 6.07 Å². The highest BCUT2D eigenvalue weighted by molar-refractivity contribution is 5.96. The van der Waals surface area contributed by atoms with Crippen LogP contribution in [0.25, 0.3) is 0 Å². The molecular formula is C20H23F2N2O4+. The number of amides is 1. The first-order chi connectivity index (χ1) is 13.1. The van der Waals surface area contributed by atoms with E-state index in [1.807, 2.05) is 14.1 Å². The van der Waals surface area contributed by atoms with E-state index >= 15 is 0 Å². The number of quaternary nitrogens is 1. The SMILES string of the molecule is C[N+](C)(CCc1ccc(F)cc1F)C[C@H](O)c1cc(O)cc2c1OCC(=O)N2. The Balaban J connectivity index is 1.73. The van der Waals surface area contributed by atoms with Gasteiger partial charge in [0, 0.05) is 24.1 Å². The van der Waals surface area contributed by atoms with Crippen LogP contribution in [0, 0.1) is 11.6 Å². The van der Waals surface area contributed by atoms with E-state index in [4.69, 9.17) is 4.74 Å². The van der Waals surface area contributed by atoms with E-state index in [9.17, 15) is 23.8 Å². The molecule has 2 aromatic carbocycles. The summed E-state index contributed by atoms with van der Waals surface area (Å²) >= 11 is 0. The van der Waals surface area contributed by atoms with Gasteiger partial charge in [0.15, 0.2) is 6.61 Å². The average Bonchev–Trinajstić information content (AvgIpc) is 2.59. The summed E-state index contributed by atoms with van der Waals surface area (Å²) in [4.78, 5) is 11.5. The molecule has 0 fully saturated rings. The molecule has 1 aliphatic rings. The van der Waals surface area contributed by atoms with Crippen molar-refractivity contribution in [2.75, 3.05) is 39.1 Å². The van der Waals surface area contributed by atoms with E-state index in [1.165, 1.54) is 24.3 Å². The van der Waals surface area contributed by atoms with Crippen LogP contribution < -0.4 is 10.1 Å². The first-order valence-corrected chi connectivity index (χ1v) is 8.88. The Morgan fingerprint density at radius 1 is 1.25 bits per heavy atom. The van der Waals surface area contributed by atoms with Gasteiger partial charge in [0.25, 0.3) is 5.91 Å². The van der Waals surface area contributed by atoms with Gasteiger partial charge in [0.05, 0.1) is 26.3 Å². The van der Waals surface area contributed by atoms with E-state index in [-0.39, 0.29) is 24.8 Å². The highest BCUT2D eigenvalue weighted by Gasteiger charge is 2.28. The summed E-state index contributed by atoms with van der Waals surface area (Å²) in [7, 11) is 3.76. The van der Waals surface area contributed by atoms with E-state index < -0.39 is 17.7 Å². The fourth-order valence-corrected chi connectivity index (χ4v) is 3.27. The second-order valence-corrected chi connectivity index (χ2v) is 7.59. The van der Waals surface area contributed by atoms with Gasteiger partial charge in [-0.25, -0.2) is 8.78 Å². The van der Waals surface area contributed by atoms with Gasteiger partial charge < -0.3 is 24.7 Å². The van der Waals surface area contributed by atoms with Gasteiger partial charge in [-0.15, -0.1) is 0 Å². The number of nitrogens with zero attached hydrogens (tertiary/aromatic N) is 1. The lowest BCUT2D eigenvalue weighted by Gasteiger charge is -2.33. The van der Waals surface area contributed by atoms with Crippen molar-refractivity contribution in [1.82, 2.24) is 0 Å². The van der Waals surface area contributed by atoms with E-state index in [2.05, 4.69) is 5.32 Å². The first-order valence-electron chi connectivity index (χ1n) is 8.88. The van der Waals surface area contributed by atoms with Crippen LogP contribution in [0.15, 0.2) is 30.3 Å².